The average molecular weight is 307 g/mol. The third-order valence-electron chi connectivity index (χ3n) is 4.16. The van der Waals surface area contributed by atoms with Crippen LogP contribution in [0, 0.1) is 5.82 Å². The van der Waals surface area contributed by atoms with Gasteiger partial charge in [-0.05, 0) is 50.4 Å². The van der Waals surface area contributed by atoms with Crippen molar-refractivity contribution in [3.05, 3.63) is 24.0 Å². The number of hydrogen-bond acceptors (Lipinski definition) is 4. The number of ether oxygens (including phenoxy) is 1. The van der Waals surface area contributed by atoms with Crippen LogP contribution in [0.25, 0.3) is 0 Å². The van der Waals surface area contributed by atoms with Gasteiger partial charge in [-0.25, -0.2) is 4.39 Å². The molecule has 2 aliphatic rings. The molecule has 2 atom stereocenters. The van der Waals surface area contributed by atoms with Crippen molar-refractivity contribution in [3.8, 4) is 0 Å². The Morgan fingerprint density at radius 2 is 2.27 bits per heavy atom. The van der Waals surface area contributed by atoms with Gasteiger partial charge in [0.15, 0.2) is 0 Å². The van der Waals surface area contributed by atoms with Gasteiger partial charge in [0.2, 0.25) is 5.91 Å². The summed E-state index contributed by atoms with van der Waals surface area (Å²) < 4.78 is 19.6. The lowest BCUT2D eigenvalue weighted by atomic mass is 10.2. The molecule has 2 aliphatic heterocycles. The summed E-state index contributed by atoms with van der Waals surface area (Å²) in [6.07, 6.45) is 4.06. The molecule has 2 heterocycles. The second kappa shape index (κ2) is 7.07. The van der Waals surface area contributed by atoms with Gasteiger partial charge < -0.3 is 20.7 Å². The lowest BCUT2D eigenvalue weighted by Gasteiger charge is -2.14. The summed E-state index contributed by atoms with van der Waals surface area (Å²) >= 11 is 0. The Balaban J connectivity index is 1.55. The predicted molar refractivity (Wildman–Crippen MR) is 83.5 cm³/mol. The standard InChI is InChI=1S/C16H22FN3O2/c17-13-9-11(20-16(21)15-4-1-7-18-15)5-6-14(13)19-10-12-3-2-8-22-12/h5-6,9,12,15,18-19H,1-4,7-8,10H2,(H,20,21)/t12?,15-/m0/s1. The number of hydrogen-bond donors (Lipinski definition) is 3. The molecule has 1 amide bonds. The van der Waals surface area contributed by atoms with Gasteiger partial charge in [0.05, 0.1) is 17.8 Å². The highest BCUT2D eigenvalue weighted by molar-refractivity contribution is 5.95. The van der Waals surface area contributed by atoms with Crippen LogP contribution < -0.4 is 16.0 Å². The van der Waals surface area contributed by atoms with Crippen LogP contribution in [0.3, 0.4) is 0 Å². The largest absolute Gasteiger partial charge is 0.380 e. The Morgan fingerprint density at radius 3 is 2.95 bits per heavy atom. The Bertz CT molecular complexity index is 526. The van der Waals surface area contributed by atoms with Crippen molar-refractivity contribution in [2.24, 2.45) is 0 Å². The quantitative estimate of drug-likeness (QED) is 0.779. The Hall–Kier alpha value is -1.66. The van der Waals surface area contributed by atoms with Crippen molar-refractivity contribution in [2.75, 3.05) is 30.3 Å². The number of benzene rings is 1. The fourth-order valence-electron chi connectivity index (χ4n) is 2.90. The van der Waals surface area contributed by atoms with E-state index in [2.05, 4.69) is 16.0 Å². The molecule has 2 fully saturated rings. The third kappa shape index (κ3) is 3.75. The van der Waals surface area contributed by atoms with Gasteiger partial charge >= 0.3 is 0 Å². The van der Waals surface area contributed by atoms with Crippen LogP contribution in [0.4, 0.5) is 15.8 Å². The first-order chi connectivity index (χ1) is 10.7. The topological polar surface area (TPSA) is 62.4 Å². The normalized spacial score (nSPS) is 24.4. The molecule has 0 aliphatic carbocycles. The minimum Gasteiger partial charge on any atom is -0.380 e. The van der Waals surface area contributed by atoms with Crippen LogP contribution in [-0.2, 0) is 9.53 Å². The van der Waals surface area contributed by atoms with Gasteiger partial charge in [-0.1, -0.05) is 0 Å². The Kier molecular flexibility index (Phi) is 4.90. The van der Waals surface area contributed by atoms with Gasteiger partial charge in [-0.2, -0.15) is 0 Å². The van der Waals surface area contributed by atoms with Crippen LogP contribution in [-0.4, -0.2) is 37.7 Å². The molecule has 0 bridgehead atoms. The minimum absolute atomic E-state index is 0.100. The van der Waals surface area contributed by atoms with Crippen molar-refractivity contribution < 1.29 is 13.9 Å². The van der Waals surface area contributed by atoms with Gasteiger partial charge in [0.25, 0.3) is 0 Å². The average Bonchev–Trinajstić information content (AvgIpc) is 3.20. The van der Waals surface area contributed by atoms with E-state index in [4.69, 9.17) is 4.74 Å². The van der Waals surface area contributed by atoms with Crippen molar-refractivity contribution >= 4 is 17.3 Å². The van der Waals surface area contributed by atoms with Crippen molar-refractivity contribution in [1.82, 2.24) is 5.32 Å². The number of carbonyl (C=O) groups is 1. The van der Waals surface area contributed by atoms with Gasteiger partial charge in [-0.15, -0.1) is 0 Å². The second-order valence-corrected chi connectivity index (χ2v) is 5.85. The maximum Gasteiger partial charge on any atom is 0.241 e. The third-order valence-corrected chi connectivity index (χ3v) is 4.16. The fourth-order valence-corrected chi connectivity index (χ4v) is 2.90. The molecule has 0 radical (unpaired) electrons. The van der Waals surface area contributed by atoms with Crippen LogP contribution >= 0.6 is 0 Å². The molecule has 1 aromatic rings. The molecule has 1 aromatic carbocycles. The number of nitrogens with one attached hydrogen (secondary N) is 3. The van der Waals surface area contributed by atoms with E-state index in [9.17, 15) is 9.18 Å². The summed E-state index contributed by atoms with van der Waals surface area (Å²) in [5.41, 5.74) is 0.923. The zero-order chi connectivity index (χ0) is 15.4. The lowest BCUT2D eigenvalue weighted by molar-refractivity contribution is -0.117. The SMILES string of the molecule is O=C(Nc1ccc(NCC2CCCO2)c(F)c1)[C@@H]1CCCN1. The molecule has 0 spiro atoms. The first kappa shape index (κ1) is 15.2. The zero-order valence-corrected chi connectivity index (χ0v) is 12.5. The summed E-state index contributed by atoms with van der Waals surface area (Å²) in [5, 5.41) is 8.94. The van der Waals surface area contributed by atoms with Gasteiger partial charge in [0.1, 0.15) is 5.82 Å². The van der Waals surface area contributed by atoms with Crippen molar-refractivity contribution in [2.45, 2.75) is 37.8 Å². The van der Waals surface area contributed by atoms with E-state index in [-0.39, 0.29) is 23.9 Å². The fraction of sp³-hybridized carbons (Fsp3) is 0.562. The second-order valence-electron chi connectivity index (χ2n) is 5.85. The molecular formula is C16H22FN3O2. The Morgan fingerprint density at radius 1 is 1.36 bits per heavy atom. The molecule has 6 heteroatoms. The summed E-state index contributed by atoms with van der Waals surface area (Å²) in [4.78, 5) is 12.0. The van der Waals surface area contributed by atoms with Crippen molar-refractivity contribution in [1.29, 1.82) is 0 Å². The molecule has 0 aromatic heterocycles. The van der Waals surface area contributed by atoms with E-state index in [0.29, 0.717) is 17.9 Å². The van der Waals surface area contributed by atoms with E-state index in [1.165, 1.54) is 6.07 Å². The highest BCUT2D eigenvalue weighted by Gasteiger charge is 2.22. The summed E-state index contributed by atoms with van der Waals surface area (Å²) in [7, 11) is 0. The van der Waals surface area contributed by atoms with E-state index in [0.717, 1.165) is 38.8 Å². The number of halogens is 1. The molecule has 0 saturated carbocycles. The maximum absolute atomic E-state index is 14.1. The number of rotatable bonds is 5. The van der Waals surface area contributed by atoms with E-state index < -0.39 is 0 Å². The molecule has 5 nitrogen and oxygen atoms in total. The summed E-state index contributed by atoms with van der Waals surface area (Å²) in [6.45, 7) is 2.25. The maximum atomic E-state index is 14.1. The highest BCUT2D eigenvalue weighted by atomic mass is 19.1. The molecule has 2 saturated heterocycles. The molecule has 22 heavy (non-hydrogen) atoms. The summed E-state index contributed by atoms with van der Waals surface area (Å²) in [6, 6.07) is 4.56. The minimum atomic E-state index is -0.366. The van der Waals surface area contributed by atoms with Gasteiger partial charge in [0, 0.05) is 18.8 Å². The molecule has 3 rings (SSSR count). The molecule has 3 N–H and O–H groups in total. The first-order valence-electron chi connectivity index (χ1n) is 7.91. The van der Waals surface area contributed by atoms with E-state index in [1.807, 2.05) is 0 Å². The van der Waals surface area contributed by atoms with E-state index >= 15 is 0 Å². The highest BCUT2D eigenvalue weighted by Crippen LogP contribution is 2.21. The zero-order valence-electron chi connectivity index (χ0n) is 12.5. The van der Waals surface area contributed by atoms with E-state index in [1.54, 1.807) is 12.1 Å². The van der Waals surface area contributed by atoms with Crippen molar-refractivity contribution in [3.63, 3.8) is 0 Å². The lowest BCUT2D eigenvalue weighted by Crippen LogP contribution is -2.35. The number of anilines is 2. The van der Waals surface area contributed by atoms with Crippen LogP contribution in [0.15, 0.2) is 18.2 Å². The number of carbonyl (C=O) groups excluding carboxylic acids is 1. The van der Waals surface area contributed by atoms with Crippen LogP contribution in [0.1, 0.15) is 25.7 Å². The summed E-state index contributed by atoms with van der Waals surface area (Å²) in [5.74, 6) is -0.466. The molecular weight excluding hydrogens is 285 g/mol. The smallest absolute Gasteiger partial charge is 0.241 e. The van der Waals surface area contributed by atoms with Crippen LogP contribution in [0.2, 0.25) is 0 Å². The predicted octanol–water partition coefficient (Wildman–Crippen LogP) is 2.11. The van der Waals surface area contributed by atoms with Crippen LogP contribution in [0.5, 0.6) is 0 Å². The van der Waals surface area contributed by atoms with Gasteiger partial charge in [-0.3, -0.25) is 4.79 Å². The Labute approximate surface area is 129 Å². The number of amides is 1. The molecule has 1 unspecified atom stereocenters. The molecule has 120 valence electrons. The first-order valence-corrected chi connectivity index (χ1v) is 7.91. The monoisotopic (exact) mass is 307 g/mol.